The molecule has 1 aromatic carbocycles. The van der Waals surface area contributed by atoms with E-state index in [1.807, 2.05) is 13.1 Å². The number of thiazole rings is 1. The number of carbonyl (C=O) groups is 1. The van der Waals surface area contributed by atoms with Gasteiger partial charge in [-0.2, -0.15) is 5.10 Å². The molecule has 0 aliphatic carbocycles. The first-order valence-electron chi connectivity index (χ1n) is 12.5. The van der Waals surface area contributed by atoms with Crippen molar-refractivity contribution in [3.05, 3.63) is 59.2 Å². The molecule has 0 saturated carbocycles. The number of amides is 1. The summed E-state index contributed by atoms with van der Waals surface area (Å²) in [4.78, 5) is 24.5. The third kappa shape index (κ3) is 6.41. The second-order valence-corrected chi connectivity index (χ2v) is 10.2. The number of fused-ring (bicyclic) bond motifs is 1. The third-order valence-electron chi connectivity index (χ3n) is 6.33. The van der Waals surface area contributed by atoms with Crippen LogP contribution in [0.3, 0.4) is 0 Å². The number of halogens is 1. The number of nitrogens with one attached hydrogen (secondary N) is 2. The number of hydrogen-bond donors (Lipinski definition) is 2. The lowest BCUT2D eigenvalue weighted by Crippen LogP contribution is -2.31. The fourth-order valence-electron chi connectivity index (χ4n) is 4.51. The van der Waals surface area contributed by atoms with E-state index >= 15 is 0 Å². The summed E-state index contributed by atoms with van der Waals surface area (Å²) in [7, 11) is 0. The zero-order valence-electron chi connectivity index (χ0n) is 20.7. The number of ether oxygens (including phenoxy) is 1. The normalized spacial score (nSPS) is 14.1. The number of carbonyl (C=O) groups excluding carboxylic acids is 1. The molecule has 2 N–H and O–H groups in total. The van der Waals surface area contributed by atoms with Crippen LogP contribution in [-0.4, -0.2) is 56.6 Å². The van der Waals surface area contributed by atoms with E-state index < -0.39 is 5.82 Å². The molecule has 5 rings (SSSR count). The monoisotopic (exact) mass is 523 g/mol. The fraction of sp³-hybridized carbons (Fsp3) is 0.385. The molecule has 3 aromatic heterocycles. The minimum Gasteiger partial charge on any atom is -0.492 e. The van der Waals surface area contributed by atoms with Gasteiger partial charge in [-0.1, -0.05) is 12.5 Å². The molecule has 0 bridgehead atoms. The Balaban J connectivity index is 1.20. The van der Waals surface area contributed by atoms with Gasteiger partial charge in [0.1, 0.15) is 23.4 Å². The highest BCUT2D eigenvalue weighted by Crippen LogP contribution is 2.31. The zero-order valence-corrected chi connectivity index (χ0v) is 21.6. The Morgan fingerprint density at radius 3 is 2.92 bits per heavy atom. The number of benzene rings is 1. The Hall–Kier alpha value is -3.57. The molecule has 37 heavy (non-hydrogen) atoms. The molecular weight excluding hydrogens is 493 g/mol. The van der Waals surface area contributed by atoms with E-state index in [4.69, 9.17) is 4.74 Å². The highest BCUT2D eigenvalue weighted by Gasteiger charge is 2.16. The van der Waals surface area contributed by atoms with E-state index in [1.165, 1.54) is 62.1 Å². The SMILES string of the molecule is Cc1c(OCCCN2CCCCC2)cn2ncnc(Nc3ncc(CC(=O)Nc4cccc(F)c4)s3)c12. The summed E-state index contributed by atoms with van der Waals surface area (Å²) < 4.78 is 21.2. The van der Waals surface area contributed by atoms with E-state index in [0.29, 0.717) is 23.2 Å². The van der Waals surface area contributed by atoms with Crippen LogP contribution in [0.2, 0.25) is 0 Å². The maximum Gasteiger partial charge on any atom is 0.229 e. The second kappa shape index (κ2) is 11.7. The smallest absolute Gasteiger partial charge is 0.229 e. The summed E-state index contributed by atoms with van der Waals surface area (Å²) in [5, 5.41) is 10.9. The highest BCUT2D eigenvalue weighted by molar-refractivity contribution is 7.15. The van der Waals surface area contributed by atoms with Crippen LogP contribution in [0.25, 0.3) is 5.52 Å². The Bertz CT molecular complexity index is 1370. The predicted molar refractivity (Wildman–Crippen MR) is 142 cm³/mol. The van der Waals surface area contributed by atoms with E-state index in [1.54, 1.807) is 22.8 Å². The topological polar surface area (TPSA) is 96.7 Å². The molecule has 4 heterocycles. The van der Waals surface area contributed by atoms with Crippen molar-refractivity contribution in [3.8, 4) is 5.75 Å². The molecule has 1 fully saturated rings. The van der Waals surface area contributed by atoms with Gasteiger partial charge in [0.15, 0.2) is 10.9 Å². The first kappa shape index (κ1) is 25.1. The zero-order chi connectivity index (χ0) is 25.6. The van der Waals surface area contributed by atoms with Gasteiger partial charge in [0.05, 0.1) is 19.2 Å². The van der Waals surface area contributed by atoms with Gasteiger partial charge in [0, 0.05) is 28.9 Å². The average molecular weight is 524 g/mol. The van der Waals surface area contributed by atoms with Gasteiger partial charge in [-0.3, -0.25) is 4.79 Å². The van der Waals surface area contributed by atoms with Crippen molar-refractivity contribution in [2.75, 3.05) is 36.9 Å². The largest absolute Gasteiger partial charge is 0.492 e. The fourth-order valence-corrected chi connectivity index (χ4v) is 5.32. The Morgan fingerprint density at radius 2 is 2.08 bits per heavy atom. The number of aromatic nitrogens is 4. The van der Waals surface area contributed by atoms with E-state index in [2.05, 4.69) is 30.6 Å². The molecule has 1 saturated heterocycles. The van der Waals surface area contributed by atoms with Crippen molar-refractivity contribution < 1.29 is 13.9 Å². The Kier molecular flexibility index (Phi) is 7.90. The summed E-state index contributed by atoms with van der Waals surface area (Å²) in [6.07, 6.45) is 10.1. The lowest BCUT2D eigenvalue weighted by Gasteiger charge is -2.26. The van der Waals surface area contributed by atoms with Gasteiger partial charge in [0.2, 0.25) is 5.91 Å². The molecule has 194 valence electrons. The third-order valence-corrected chi connectivity index (χ3v) is 7.24. The van der Waals surface area contributed by atoms with E-state index in [0.717, 1.165) is 34.7 Å². The van der Waals surface area contributed by atoms with Crippen LogP contribution in [0.15, 0.2) is 43.0 Å². The van der Waals surface area contributed by atoms with Crippen molar-refractivity contribution in [2.24, 2.45) is 0 Å². The van der Waals surface area contributed by atoms with E-state index in [-0.39, 0.29) is 12.3 Å². The molecule has 1 aliphatic rings. The quantitative estimate of drug-likeness (QED) is 0.288. The van der Waals surface area contributed by atoms with Gasteiger partial charge < -0.3 is 20.3 Å². The molecule has 0 unspecified atom stereocenters. The Labute approximate surface area is 218 Å². The van der Waals surface area contributed by atoms with Crippen LogP contribution < -0.4 is 15.4 Å². The second-order valence-electron chi connectivity index (χ2n) is 9.12. The van der Waals surface area contributed by atoms with Crippen LogP contribution in [-0.2, 0) is 11.2 Å². The van der Waals surface area contributed by atoms with Crippen molar-refractivity contribution in [1.82, 2.24) is 24.5 Å². The summed E-state index contributed by atoms with van der Waals surface area (Å²) in [5.41, 5.74) is 2.19. The van der Waals surface area contributed by atoms with Crippen LogP contribution in [0.5, 0.6) is 5.75 Å². The van der Waals surface area contributed by atoms with Gasteiger partial charge >= 0.3 is 0 Å². The maximum atomic E-state index is 13.4. The van der Waals surface area contributed by atoms with Gasteiger partial charge in [0.25, 0.3) is 0 Å². The predicted octanol–water partition coefficient (Wildman–Crippen LogP) is 4.81. The molecule has 4 aromatic rings. The van der Waals surface area contributed by atoms with Crippen LogP contribution in [0.1, 0.15) is 36.1 Å². The van der Waals surface area contributed by atoms with Crippen molar-refractivity contribution in [2.45, 2.75) is 39.0 Å². The van der Waals surface area contributed by atoms with Crippen LogP contribution in [0.4, 0.5) is 21.0 Å². The number of aryl methyl sites for hydroxylation is 1. The molecule has 1 amide bonds. The number of anilines is 3. The van der Waals surface area contributed by atoms with Crippen molar-refractivity contribution in [1.29, 1.82) is 0 Å². The van der Waals surface area contributed by atoms with Crippen LogP contribution in [0, 0.1) is 12.7 Å². The molecule has 0 radical (unpaired) electrons. The lowest BCUT2D eigenvalue weighted by atomic mass is 10.1. The van der Waals surface area contributed by atoms with Crippen LogP contribution >= 0.6 is 11.3 Å². The molecule has 1 aliphatic heterocycles. The van der Waals surface area contributed by atoms with Gasteiger partial charge in [-0.25, -0.2) is 18.9 Å². The number of rotatable bonds is 10. The van der Waals surface area contributed by atoms with Crippen molar-refractivity contribution in [3.63, 3.8) is 0 Å². The van der Waals surface area contributed by atoms with Crippen molar-refractivity contribution >= 4 is 39.4 Å². The summed E-state index contributed by atoms with van der Waals surface area (Å²) in [6.45, 7) is 6.09. The Morgan fingerprint density at radius 1 is 1.22 bits per heavy atom. The summed E-state index contributed by atoms with van der Waals surface area (Å²) >= 11 is 1.36. The number of piperidine rings is 1. The first-order valence-corrected chi connectivity index (χ1v) is 13.3. The standard InChI is InChI=1S/C26H30FN7O2S/c1-18-22(36-12-6-11-33-9-3-2-4-10-33)16-34-24(18)25(29-17-30-34)32-26-28-15-21(37-26)14-23(35)31-20-8-5-7-19(27)13-20/h5,7-8,13,15-17H,2-4,6,9-12,14H2,1H3,(H,31,35)(H,28,29,30,32). The first-order chi connectivity index (χ1) is 18.0. The lowest BCUT2D eigenvalue weighted by molar-refractivity contribution is -0.115. The number of likely N-dealkylation sites (tertiary alicyclic amines) is 1. The molecule has 9 nitrogen and oxygen atoms in total. The summed E-state index contributed by atoms with van der Waals surface area (Å²) in [6, 6.07) is 5.81. The average Bonchev–Trinajstić information content (AvgIpc) is 3.46. The molecule has 11 heteroatoms. The van der Waals surface area contributed by atoms with E-state index in [9.17, 15) is 9.18 Å². The molecule has 0 atom stereocenters. The summed E-state index contributed by atoms with van der Waals surface area (Å²) in [5.74, 6) is 0.761. The molecule has 0 spiro atoms. The van der Waals surface area contributed by atoms with Gasteiger partial charge in [-0.15, -0.1) is 11.3 Å². The highest BCUT2D eigenvalue weighted by atomic mass is 32.1. The molecular formula is C26H30FN7O2S. The maximum absolute atomic E-state index is 13.4. The minimum absolute atomic E-state index is 0.134. The number of hydrogen-bond acceptors (Lipinski definition) is 8. The van der Waals surface area contributed by atoms with Gasteiger partial charge in [-0.05, 0) is 57.5 Å². The number of nitrogens with zero attached hydrogens (tertiary/aromatic N) is 5. The minimum atomic E-state index is -0.398.